The molecule has 2 aromatic carbocycles. The van der Waals surface area contributed by atoms with Crippen LogP contribution in [0.4, 0.5) is 5.69 Å². The summed E-state index contributed by atoms with van der Waals surface area (Å²) in [7, 11) is 0. The Morgan fingerprint density at radius 2 is 1.65 bits per heavy atom. The van der Waals surface area contributed by atoms with Crippen molar-refractivity contribution in [2.24, 2.45) is 0 Å². The van der Waals surface area contributed by atoms with Crippen molar-refractivity contribution >= 4 is 11.6 Å². The minimum atomic E-state index is 0.233. The van der Waals surface area contributed by atoms with Gasteiger partial charge in [-0.3, -0.25) is 4.79 Å². The highest BCUT2D eigenvalue weighted by Gasteiger charge is 2.22. The maximum Gasteiger partial charge on any atom is 0.227 e. The normalized spacial score (nSPS) is 14.9. The highest BCUT2D eigenvalue weighted by Crippen LogP contribution is 2.23. The Morgan fingerprint density at radius 1 is 0.957 bits per heavy atom. The number of aryl methyl sites for hydroxylation is 2. The van der Waals surface area contributed by atoms with Crippen molar-refractivity contribution in [1.82, 2.24) is 4.90 Å². The Bertz CT molecular complexity index is 673. The number of hydrogen-bond donors (Lipinski definition) is 0. The van der Waals surface area contributed by atoms with Crippen LogP contribution in [0, 0.1) is 13.8 Å². The van der Waals surface area contributed by atoms with Crippen molar-refractivity contribution in [2.75, 3.05) is 31.1 Å². The van der Waals surface area contributed by atoms with E-state index in [1.54, 1.807) is 0 Å². The molecule has 0 aromatic heterocycles. The molecular formula is C20H24N2O. The molecule has 1 fully saturated rings. The quantitative estimate of drug-likeness (QED) is 0.869. The first kappa shape index (κ1) is 15.6. The zero-order valence-electron chi connectivity index (χ0n) is 14.0. The maximum atomic E-state index is 12.4. The lowest BCUT2D eigenvalue weighted by atomic mass is 10.1. The van der Waals surface area contributed by atoms with Crippen LogP contribution < -0.4 is 4.90 Å². The molecule has 0 spiro atoms. The largest absolute Gasteiger partial charge is 0.368 e. The molecule has 0 radical (unpaired) electrons. The summed E-state index contributed by atoms with van der Waals surface area (Å²) in [5.41, 5.74) is 4.99. The summed E-state index contributed by atoms with van der Waals surface area (Å²) in [6.07, 6.45) is 0.504. The number of amides is 1. The van der Waals surface area contributed by atoms with Gasteiger partial charge in [0.1, 0.15) is 0 Å². The zero-order valence-corrected chi connectivity index (χ0v) is 14.0. The average molecular weight is 308 g/mol. The average Bonchev–Trinajstić information content (AvgIpc) is 2.58. The van der Waals surface area contributed by atoms with Gasteiger partial charge in [-0.25, -0.2) is 0 Å². The number of hydrogen-bond acceptors (Lipinski definition) is 2. The summed E-state index contributed by atoms with van der Waals surface area (Å²) in [4.78, 5) is 16.8. The lowest BCUT2D eigenvalue weighted by Crippen LogP contribution is -2.49. The predicted molar refractivity (Wildman–Crippen MR) is 94.9 cm³/mol. The van der Waals surface area contributed by atoms with E-state index in [0.29, 0.717) is 6.42 Å². The number of anilines is 1. The van der Waals surface area contributed by atoms with Crippen molar-refractivity contribution in [3.63, 3.8) is 0 Å². The van der Waals surface area contributed by atoms with Gasteiger partial charge in [0.15, 0.2) is 0 Å². The highest BCUT2D eigenvalue weighted by molar-refractivity contribution is 5.79. The molecule has 3 heteroatoms. The molecular weight excluding hydrogens is 284 g/mol. The van der Waals surface area contributed by atoms with E-state index in [9.17, 15) is 4.79 Å². The van der Waals surface area contributed by atoms with Gasteiger partial charge in [0, 0.05) is 31.9 Å². The van der Waals surface area contributed by atoms with Gasteiger partial charge in [0.05, 0.1) is 6.42 Å². The van der Waals surface area contributed by atoms with Crippen LogP contribution in [0.5, 0.6) is 0 Å². The Labute approximate surface area is 138 Å². The Morgan fingerprint density at radius 3 is 2.35 bits per heavy atom. The first-order valence-electron chi connectivity index (χ1n) is 8.27. The van der Waals surface area contributed by atoms with E-state index in [2.05, 4.69) is 36.9 Å². The summed E-state index contributed by atoms with van der Waals surface area (Å²) in [5, 5.41) is 0. The van der Waals surface area contributed by atoms with E-state index in [4.69, 9.17) is 0 Å². The van der Waals surface area contributed by atoms with Crippen LogP contribution in [0.2, 0.25) is 0 Å². The lowest BCUT2D eigenvalue weighted by Gasteiger charge is -2.37. The topological polar surface area (TPSA) is 23.6 Å². The summed E-state index contributed by atoms with van der Waals surface area (Å²) >= 11 is 0. The molecule has 1 aliphatic heterocycles. The molecule has 3 nitrogen and oxygen atoms in total. The van der Waals surface area contributed by atoms with Crippen molar-refractivity contribution in [3.8, 4) is 0 Å². The highest BCUT2D eigenvalue weighted by atomic mass is 16.2. The van der Waals surface area contributed by atoms with Gasteiger partial charge >= 0.3 is 0 Å². The van der Waals surface area contributed by atoms with Crippen LogP contribution >= 0.6 is 0 Å². The number of rotatable bonds is 3. The zero-order chi connectivity index (χ0) is 16.2. The summed E-state index contributed by atoms with van der Waals surface area (Å²) in [5.74, 6) is 0.233. The van der Waals surface area contributed by atoms with Crippen molar-refractivity contribution in [3.05, 3.63) is 65.2 Å². The second-order valence-corrected chi connectivity index (χ2v) is 6.32. The molecule has 0 saturated carbocycles. The lowest BCUT2D eigenvalue weighted by molar-refractivity contribution is -0.130. The van der Waals surface area contributed by atoms with E-state index >= 15 is 0 Å². The van der Waals surface area contributed by atoms with Gasteiger partial charge < -0.3 is 9.80 Å². The fourth-order valence-corrected chi connectivity index (χ4v) is 3.14. The monoisotopic (exact) mass is 308 g/mol. The Balaban J connectivity index is 1.60. The summed E-state index contributed by atoms with van der Waals surface area (Å²) < 4.78 is 0. The third kappa shape index (κ3) is 3.73. The van der Waals surface area contributed by atoms with E-state index in [-0.39, 0.29) is 5.91 Å². The van der Waals surface area contributed by atoms with Crippen LogP contribution in [0.25, 0.3) is 0 Å². The molecule has 1 amide bonds. The van der Waals surface area contributed by atoms with Crippen LogP contribution in [-0.4, -0.2) is 37.0 Å². The second kappa shape index (κ2) is 6.86. The predicted octanol–water partition coefficient (Wildman–Crippen LogP) is 3.19. The van der Waals surface area contributed by atoms with E-state index in [1.165, 1.54) is 16.8 Å². The number of piperazine rings is 1. The standard InChI is InChI=1S/C20H24N2O/c1-16-8-9-17(2)19(14-16)21-10-12-22(13-11-21)20(23)15-18-6-4-3-5-7-18/h3-9,14H,10-13,15H2,1-2H3. The fourth-order valence-electron chi connectivity index (χ4n) is 3.14. The minimum absolute atomic E-state index is 0.233. The maximum absolute atomic E-state index is 12.4. The molecule has 0 aliphatic carbocycles. The summed E-state index contributed by atoms with van der Waals surface area (Å²) in [6, 6.07) is 16.6. The molecule has 120 valence electrons. The Hall–Kier alpha value is -2.29. The molecule has 0 N–H and O–H groups in total. The van der Waals surface area contributed by atoms with Crippen molar-refractivity contribution < 1.29 is 4.79 Å². The van der Waals surface area contributed by atoms with E-state index in [1.807, 2.05) is 35.2 Å². The third-order valence-electron chi connectivity index (χ3n) is 4.54. The molecule has 3 rings (SSSR count). The number of carbonyl (C=O) groups excluding carboxylic acids is 1. The van der Waals surface area contributed by atoms with Crippen LogP contribution in [0.1, 0.15) is 16.7 Å². The van der Waals surface area contributed by atoms with Crippen molar-refractivity contribution in [1.29, 1.82) is 0 Å². The van der Waals surface area contributed by atoms with Crippen LogP contribution in [-0.2, 0) is 11.2 Å². The third-order valence-corrected chi connectivity index (χ3v) is 4.54. The van der Waals surface area contributed by atoms with Gasteiger partial charge in [0.2, 0.25) is 5.91 Å². The Kier molecular flexibility index (Phi) is 4.65. The molecule has 1 aliphatic rings. The number of nitrogens with zero attached hydrogens (tertiary/aromatic N) is 2. The molecule has 0 unspecified atom stereocenters. The molecule has 0 bridgehead atoms. The number of carbonyl (C=O) groups is 1. The summed E-state index contributed by atoms with van der Waals surface area (Å²) in [6.45, 7) is 7.71. The first-order chi connectivity index (χ1) is 11.1. The smallest absolute Gasteiger partial charge is 0.227 e. The second-order valence-electron chi connectivity index (χ2n) is 6.32. The molecule has 1 heterocycles. The number of benzene rings is 2. The fraction of sp³-hybridized carbons (Fsp3) is 0.350. The van der Waals surface area contributed by atoms with Gasteiger partial charge in [-0.2, -0.15) is 0 Å². The van der Waals surface area contributed by atoms with E-state index < -0.39 is 0 Å². The molecule has 1 saturated heterocycles. The first-order valence-corrected chi connectivity index (χ1v) is 8.27. The van der Waals surface area contributed by atoms with Gasteiger partial charge in [-0.1, -0.05) is 42.5 Å². The molecule has 2 aromatic rings. The van der Waals surface area contributed by atoms with Crippen LogP contribution in [0.15, 0.2) is 48.5 Å². The van der Waals surface area contributed by atoms with Crippen molar-refractivity contribution in [2.45, 2.75) is 20.3 Å². The van der Waals surface area contributed by atoms with E-state index in [0.717, 1.165) is 31.7 Å². The SMILES string of the molecule is Cc1ccc(C)c(N2CCN(C(=O)Cc3ccccc3)CC2)c1. The van der Waals surface area contributed by atoms with Gasteiger partial charge in [-0.05, 0) is 36.6 Å². The minimum Gasteiger partial charge on any atom is -0.368 e. The van der Waals surface area contributed by atoms with Gasteiger partial charge in [-0.15, -0.1) is 0 Å². The molecule has 23 heavy (non-hydrogen) atoms. The van der Waals surface area contributed by atoms with Crippen LogP contribution in [0.3, 0.4) is 0 Å². The molecule has 0 atom stereocenters. The van der Waals surface area contributed by atoms with Gasteiger partial charge in [0.25, 0.3) is 0 Å².